The van der Waals surface area contributed by atoms with Crippen LogP contribution in [0.15, 0.2) is 59.5 Å². The first-order chi connectivity index (χ1) is 13.1. The molecule has 1 saturated carbocycles. The number of rotatable bonds is 4. The summed E-state index contributed by atoms with van der Waals surface area (Å²) in [6.45, 7) is -0.0671. The Morgan fingerprint density at radius 3 is 2.63 bits per heavy atom. The second-order valence-corrected chi connectivity index (χ2v) is 6.89. The average molecular weight is 366 g/mol. The summed E-state index contributed by atoms with van der Waals surface area (Å²) in [7, 11) is 0. The summed E-state index contributed by atoms with van der Waals surface area (Å²) >= 11 is 0. The van der Waals surface area contributed by atoms with E-state index in [0.717, 1.165) is 18.4 Å². The van der Waals surface area contributed by atoms with Gasteiger partial charge in [-0.3, -0.25) is 14.0 Å². The summed E-state index contributed by atoms with van der Waals surface area (Å²) in [5.74, 6) is -0.678. The van der Waals surface area contributed by atoms with Crippen LogP contribution in [0.3, 0.4) is 0 Å². The van der Waals surface area contributed by atoms with Gasteiger partial charge in [-0.05, 0) is 42.7 Å². The monoisotopic (exact) mass is 366 g/mol. The molecular formula is C21H19FN2O3. The summed E-state index contributed by atoms with van der Waals surface area (Å²) in [5.41, 5.74) is 0.718. The minimum Gasteiger partial charge on any atom is -0.458 e. The highest BCUT2D eigenvalue weighted by molar-refractivity contribution is 5.83. The van der Waals surface area contributed by atoms with Gasteiger partial charge in [0.1, 0.15) is 18.1 Å². The number of pyridine rings is 1. The van der Waals surface area contributed by atoms with Gasteiger partial charge >= 0.3 is 5.97 Å². The maximum atomic E-state index is 13.3. The van der Waals surface area contributed by atoms with E-state index < -0.39 is 5.41 Å². The average Bonchev–Trinajstić information content (AvgIpc) is 3.18. The Morgan fingerprint density at radius 1 is 1.15 bits per heavy atom. The lowest BCUT2D eigenvalue weighted by atomic mass is 9.79. The highest BCUT2D eigenvalue weighted by atomic mass is 19.1. The minimum absolute atomic E-state index is 0.0671. The molecule has 0 unspecified atom stereocenters. The lowest BCUT2D eigenvalue weighted by molar-refractivity contribution is -0.152. The summed E-state index contributed by atoms with van der Waals surface area (Å²) in [6, 6.07) is 12.7. The fraction of sp³-hybridized carbons (Fsp3) is 0.286. The number of carbonyl (C=O) groups is 1. The molecule has 1 fully saturated rings. The number of fused-ring (bicyclic) bond motifs is 1. The molecule has 1 aliphatic carbocycles. The van der Waals surface area contributed by atoms with E-state index in [1.165, 1.54) is 22.6 Å². The topological polar surface area (TPSA) is 60.7 Å². The van der Waals surface area contributed by atoms with Crippen LogP contribution >= 0.6 is 0 Å². The first-order valence-corrected chi connectivity index (χ1v) is 8.99. The molecule has 0 saturated heterocycles. The molecule has 2 heterocycles. The number of hydrogen-bond acceptors (Lipinski definition) is 4. The maximum absolute atomic E-state index is 13.3. The van der Waals surface area contributed by atoms with Crippen molar-refractivity contribution in [3.63, 3.8) is 0 Å². The summed E-state index contributed by atoms with van der Waals surface area (Å²) < 4.78 is 20.3. The first kappa shape index (κ1) is 17.4. The first-order valence-electron chi connectivity index (χ1n) is 8.99. The molecule has 138 valence electrons. The molecule has 0 bridgehead atoms. The zero-order valence-corrected chi connectivity index (χ0v) is 14.7. The van der Waals surface area contributed by atoms with Gasteiger partial charge in [0.2, 0.25) is 0 Å². The third kappa shape index (κ3) is 3.23. The van der Waals surface area contributed by atoms with Crippen LogP contribution in [0.4, 0.5) is 4.39 Å². The van der Waals surface area contributed by atoms with Gasteiger partial charge in [-0.25, -0.2) is 9.37 Å². The van der Waals surface area contributed by atoms with Gasteiger partial charge < -0.3 is 4.74 Å². The van der Waals surface area contributed by atoms with Gasteiger partial charge in [-0.2, -0.15) is 0 Å². The number of esters is 1. The van der Waals surface area contributed by atoms with Gasteiger partial charge in [0.25, 0.3) is 5.56 Å². The molecule has 0 radical (unpaired) electrons. The summed E-state index contributed by atoms with van der Waals surface area (Å²) in [5, 5.41) is 0. The van der Waals surface area contributed by atoms with E-state index in [1.54, 1.807) is 36.5 Å². The van der Waals surface area contributed by atoms with Gasteiger partial charge in [-0.1, -0.05) is 31.0 Å². The van der Waals surface area contributed by atoms with Crippen LogP contribution in [-0.4, -0.2) is 15.4 Å². The Labute approximate surface area is 155 Å². The fourth-order valence-corrected chi connectivity index (χ4v) is 3.81. The zero-order chi connectivity index (χ0) is 18.9. The van der Waals surface area contributed by atoms with Gasteiger partial charge in [0, 0.05) is 12.3 Å². The van der Waals surface area contributed by atoms with Gasteiger partial charge in [0.15, 0.2) is 0 Å². The minimum atomic E-state index is -0.750. The van der Waals surface area contributed by atoms with Crippen LogP contribution in [0.2, 0.25) is 0 Å². The molecule has 0 atom stereocenters. The molecule has 0 N–H and O–H groups in total. The third-order valence-corrected chi connectivity index (χ3v) is 5.22. The van der Waals surface area contributed by atoms with E-state index in [9.17, 15) is 14.0 Å². The van der Waals surface area contributed by atoms with E-state index in [-0.39, 0.29) is 24.0 Å². The number of benzene rings is 1. The largest absolute Gasteiger partial charge is 0.458 e. The molecule has 3 aromatic rings. The molecule has 0 spiro atoms. The Hall–Kier alpha value is -3.02. The van der Waals surface area contributed by atoms with Crippen molar-refractivity contribution in [2.75, 3.05) is 0 Å². The quantitative estimate of drug-likeness (QED) is 0.664. The van der Waals surface area contributed by atoms with Crippen molar-refractivity contribution in [3.8, 4) is 0 Å². The number of hydrogen-bond donors (Lipinski definition) is 0. The molecule has 0 amide bonds. The number of halogens is 1. The van der Waals surface area contributed by atoms with Crippen molar-refractivity contribution in [3.05, 3.63) is 82.2 Å². The lowest BCUT2D eigenvalue weighted by Crippen LogP contribution is -2.34. The maximum Gasteiger partial charge on any atom is 0.316 e. The van der Waals surface area contributed by atoms with Crippen LogP contribution in [0.1, 0.15) is 36.9 Å². The van der Waals surface area contributed by atoms with E-state index in [0.29, 0.717) is 24.2 Å². The standard InChI is InChI=1S/C21H19FN2O3/c22-16-8-6-15(7-9-16)21(10-2-3-11-21)20(26)27-14-17-13-19(25)24-12-4-1-5-18(24)23-17/h1,4-9,12-13H,2-3,10-11,14H2. The highest BCUT2D eigenvalue weighted by Crippen LogP contribution is 2.42. The van der Waals surface area contributed by atoms with Crippen molar-refractivity contribution >= 4 is 11.6 Å². The number of aromatic nitrogens is 2. The molecule has 5 nitrogen and oxygen atoms in total. The number of nitrogens with zero attached hydrogens (tertiary/aromatic N) is 2. The lowest BCUT2D eigenvalue weighted by Gasteiger charge is -2.27. The third-order valence-electron chi connectivity index (χ3n) is 5.22. The van der Waals surface area contributed by atoms with E-state index in [1.807, 2.05) is 0 Å². The van der Waals surface area contributed by atoms with Gasteiger partial charge in [-0.15, -0.1) is 0 Å². The van der Waals surface area contributed by atoms with Crippen molar-refractivity contribution in [1.29, 1.82) is 0 Å². The van der Waals surface area contributed by atoms with E-state index in [2.05, 4.69) is 4.98 Å². The molecule has 0 aliphatic heterocycles. The molecule has 6 heteroatoms. The van der Waals surface area contributed by atoms with Crippen LogP contribution in [-0.2, 0) is 21.6 Å². The molecule has 1 aliphatic rings. The van der Waals surface area contributed by atoms with E-state index >= 15 is 0 Å². The molecule has 27 heavy (non-hydrogen) atoms. The Kier molecular flexibility index (Phi) is 4.48. The van der Waals surface area contributed by atoms with Crippen molar-refractivity contribution in [2.45, 2.75) is 37.7 Å². The molecule has 2 aromatic heterocycles. The van der Waals surface area contributed by atoms with Gasteiger partial charge in [0.05, 0.1) is 11.1 Å². The van der Waals surface area contributed by atoms with Crippen LogP contribution in [0.5, 0.6) is 0 Å². The predicted octanol–water partition coefficient (Wildman–Crippen LogP) is 3.39. The molecule has 4 rings (SSSR count). The second kappa shape index (κ2) is 6.95. The Bertz CT molecular complexity index is 1040. The molecular weight excluding hydrogens is 347 g/mol. The van der Waals surface area contributed by atoms with Crippen LogP contribution < -0.4 is 5.56 Å². The highest BCUT2D eigenvalue weighted by Gasteiger charge is 2.44. The zero-order valence-electron chi connectivity index (χ0n) is 14.7. The van der Waals surface area contributed by atoms with Crippen molar-refractivity contribution in [1.82, 2.24) is 9.38 Å². The molecule has 1 aromatic carbocycles. The smallest absolute Gasteiger partial charge is 0.316 e. The summed E-state index contributed by atoms with van der Waals surface area (Å²) in [4.78, 5) is 29.5. The summed E-state index contributed by atoms with van der Waals surface area (Å²) in [6.07, 6.45) is 4.82. The Balaban J connectivity index is 1.57. The van der Waals surface area contributed by atoms with Crippen LogP contribution in [0.25, 0.3) is 5.65 Å². The Morgan fingerprint density at radius 2 is 1.89 bits per heavy atom. The predicted molar refractivity (Wildman–Crippen MR) is 97.8 cm³/mol. The number of ether oxygens (including phenoxy) is 1. The van der Waals surface area contributed by atoms with Crippen molar-refractivity contribution < 1.29 is 13.9 Å². The van der Waals surface area contributed by atoms with Crippen molar-refractivity contribution in [2.24, 2.45) is 0 Å². The SMILES string of the molecule is O=C(OCc1cc(=O)n2ccccc2n1)C1(c2ccc(F)cc2)CCCC1. The normalized spacial score (nSPS) is 15.7. The second-order valence-electron chi connectivity index (χ2n) is 6.89. The number of carbonyl (C=O) groups excluding carboxylic acids is 1. The van der Waals surface area contributed by atoms with E-state index in [4.69, 9.17) is 4.74 Å². The van der Waals surface area contributed by atoms with Crippen LogP contribution in [0, 0.1) is 5.82 Å². The fourth-order valence-electron chi connectivity index (χ4n) is 3.81.